The minimum Gasteiger partial charge on any atom is -0.466 e. The predicted octanol–water partition coefficient (Wildman–Crippen LogP) is 2.31. The van der Waals surface area contributed by atoms with Gasteiger partial charge in [0.05, 0.1) is 29.8 Å². The van der Waals surface area contributed by atoms with Crippen LogP contribution in [0.1, 0.15) is 19.4 Å². The van der Waals surface area contributed by atoms with Crippen molar-refractivity contribution in [3.63, 3.8) is 0 Å². The minimum atomic E-state index is -0.509. The number of benzene rings is 1. The Bertz CT molecular complexity index is 469. The molecule has 0 saturated carbocycles. The first-order valence-electron chi connectivity index (χ1n) is 5.68. The smallest absolute Gasteiger partial charge is 0.310 e. The highest BCUT2D eigenvalue weighted by Gasteiger charge is 2.14. The summed E-state index contributed by atoms with van der Waals surface area (Å²) in [5, 5.41) is 11.4. The average Bonchev–Trinajstić information content (AvgIpc) is 2.37. The molecule has 1 atom stereocenters. The molecule has 0 heterocycles. The maximum Gasteiger partial charge on any atom is 0.310 e. The number of carbonyl (C=O) groups is 1. The molecule has 1 rings (SSSR count). The summed E-state index contributed by atoms with van der Waals surface area (Å²) in [5.41, 5.74) is 0.529. The lowest BCUT2D eigenvalue weighted by Gasteiger charge is -2.13. The molecule has 0 bridgehead atoms. The number of nitriles is 1. The summed E-state index contributed by atoms with van der Waals surface area (Å²) in [5.74, 6) is -1.19. The number of rotatable bonds is 5. The Morgan fingerprint density at radius 3 is 2.89 bits per heavy atom. The molecule has 1 aromatic carbocycles. The number of hydrogen-bond donors (Lipinski definition) is 1. The number of esters is 1. The fourth-order valence-corrected chi connectivity index (χ4v) is 1.36. The van der Waals surface area contributed by atoms with E-state index in [0.29, 0.717) is 6.61 Å². The van der Waals surface area contributed by atoms with Crippen LogP contribution in [0.2, 0.25) is 0 Å². The zero-order valence-corrected chi connectivity index (χ0v) is 10.4. The standard InChI is InChI=1S/C13H15FN2O2/c1-3-18-13(17)9(2)8-16-12-5-4-10(7-15)6-11(12)14/h4-6,9,16H,3,8H2,1-2H3. The zero-order valence-electron chi connectivity index (χ0n) is 10.4. The van der Waals surface area contributed by atoms with E-state index >= 15 is 0 Å². The van der Waals surface area contributed by atoms with Crippen molar-refractivity contribution in [3.05, 3.63) is 29.6 Å². The normalized spacial score (nSPS) is 11.4. The monoisotopic (exact) mass is 250 g/mol. The van der Waals surface area contributed by atoms with Crippen LogP contribution in [0, 0.1) is 23.1 Å². The largest absolute Gasteiger partial charge is 0.466 e. The maximum atomic E-state index is 13.5. The third kappa shape index (κ3) is 3.74. The lowest BCUT2D eigenvalue weighted by Crippen LogP contribution is -2.22. The molecule has 4 nitrogen and oxygen atoms in total. The Hall–Kier alpha value is -2.09. The van der Waals surface area contributed by atoms with Gasteiger partial charge in [-0.3, -0.25) is 4.79 Å². The second kappa shape index (κ2) is 6.60. The van der Waals surface area contributed by atoms with Gasteiger partial charge in [0.2, 0.25) is 0 Å². The summed E-state index contributed by atoms with van der Waals surface area (Å²) < 4.78 is 18.4. The van der Waals surface area contributed by atoms with Crippen LogP contribution >= 0.6 is 0 Å². The van der Waals surface area contributed by atoms with Crippen LogP contribution in [-0.2, 0) is 9.53 Å². The first-order chi connectivity index (χ1) is 8.58. The Balaban J connectivity index is 2.59. The Morgan fingerprint density at radius 1 is 1.61 bits per heavy atom. The number of halogens is 1. The van der Waals surface area contributed by atoms with Gasteiger partial charge in [-0.1, -0.05) is 6.92 Å². The Labute approximate surface area is 105 Å². The highest BCUT2D eigenvalue weighted by atomic mass is 19.1. The van der Waals surface area contributed by atoms with Crippen molar-refractivity contribution in [1.82, 2.24) is 0 Å². The Kier molecular flexibility index (Phi) is 5.12. The number of carbonyl (C=O) groups excluding carboxylic acids is 1. The zero-order chi connectivity index (χ0) is 13.5. The van der Waals surface area contributed by atoms with Crippen LogP contribution in [0.4, 0.5) is 10.1 Å². The molecule has 0 aromatic heterocycles. The summed E-state index contributed by atoms with van der Waals surface area (Å²) in [6.45, 7) is 4.04. The summed E-state index contributed by atoms with van der Waals surface area (Å²) in [6.07, 6.45) is 0. The van der Waals surface area contributed by atoms with E-state index in [2.05, 4.69) is 5.32 Å². The van der Waals surface area contributed by atoms with Crippen molar-refractivity contribution in [2.24, 2.45) is 5.92 Å². The number of ether oxygens (including phenoxy) is 1. The molecular formula is C13H15FN2O2. The minimum absolute atomic E-state index is 0.261. The third-order valence-electron chi connectivity index (χ3n) is 2.39. The average molecular weight is 250 g/mol. The van der Waals surface area contributed by atoms with Crippen molar-refractivity contribution in [2.75, 3.05) is 18.5 Å². The van der Waals surface area contributed by atoms with E-state index in [1.54, 1.807) is 13.8 Å². The third-order valence-corrected chi connectivity index (χ3v) is 2.39. The van der Waals surface area contributed by atoms with Crippen molar-refractivity contribution in [1.29, 1.82) is 5.26 Å². The molecular weight excluding hydrogens is 235 g/mol. The van der Waals surface area contributed by atoms with Gasteiger partial charge >= 0.3 is 5.97 Å². The quantitative estimate of drug-likeness (QED) is 0.814. The molecule has 1 aromatic rings. The van der Waals surface area contributed by atoms with Crippen LogP contribution in [0.15, 0.2) is 18.2 Å². The molecule has 1 N–H and O–H groups in total. The van der Waals surface area contributed by atoms with E-state index < -0.39 is 5.82 Å². The first kappa shape index (κ1) is 14.0. The lowest BCUT2D eigenvalue weighted by molar-refractivity contribution is -0.146. The van der Waals surface area contributed by atoms with Gasteiger partial charge in [0.15, 0.2) is 0 Å². The molecule has 0 radical (unpaired) electrons. The predicted molar refractivity (Wildman–Crippen MR) is 65.4 cm³/mol. The van der Waals surface area contributed by atoms with E-state index in [-0.39, 0.29) is 29.7 Å². The molecule has 0 spiro atoms. The van der Waals surface area contributed by atoms with Gasteiger partial charge in [0, 0.05) is 6.54 Å². The van der Waals surface area contributed by atoms with E-state index in [1.165, 1.54) is 12.1 Å². The van der Waals surface area contributed by atoms with Crippen molar-refractivity contribution in [2.45, 2.75) is 13.8 Å². The maximum absolute atomic E-state index is 13.5. The van der Waals surface area contributed by atoms with Gasteiger partial charge in [-0.2, -0.15) is 5.26 Å². The van der Waals surface area contributed by atoms with Crippen molar-refractivity contribution < 1.29 is 13.9 Å². The fraction of sp³-hybridized carbons (Fsp3) is 0.385. The number of hydrogen-bond acceptors (Lipinski definition) is 4. The second-order valence-corrected chi connectivity index (χ2v) is 3.84. The topological polar surface area (TPSA) is 62.1 Å². The molecule has 0 fully saturated rings. The van der Waals surface area contributed by atoms with Crippen LogP contribution in [0.25, 0.3) is 0 Å². The molecule has 0 aliphatic carbocycles. The van der Waals surface area contributed by atoms with E-state index in [0.717, 1.165) is 6.07 Å². The number of nitrogens with zero attached hydrogens (tertiary/aromatic N) is 1. The summed E-state index contributed by atoms with van der Waals surface area (Å²) in [4.78, 5) is 11.4. The molecule has 96 valence electrons. The molecule has 0 aliphatic rings. The van der Waals surface area contributed by atoms with Gasteiger partial charge in [-0.05, 0) is 25.1 Å². The fourth-order valence-electron chi connectivity index (χ4n) is 1.36. The van der Waals surface area contributed by atoms with Gasteiger partial charge in [0.25, 0.3) is 0 Å². The van der Waals surface area contributed by atoms with E-state index in [1.807, 2.05) is 6.07 Å². The molecule has 0 saturated heterocycles. The molecule has 5 heteroatoms. The first-order valence-corrected chi connectivity index (χ1v) is 5.68. The van der Waals surface area contributed by atoms with Gasteiger partial charge in [0.1, 0.15) is 5.82 Å². The molecule has 18 heavy (non-hydrogen) atoms. The van der Waals surface area contributed by atoms with Crippen LogP contribution < -0.4 is 5.32 Å². The Morgan fingerprint density at radius 2 is 2.33 bits per heavy atom. The van der Waals surface area contributed by atoms with Gasteiger partial charge in [-0.25, -0.2) is 4.39 Å². The number of nitrogens with one attached hydrogen (secondary N) is 1. The summed E-state index contributed by atoms with van der Waals surface area (Å²) in [6, 6.07) is 6.00. The van der Waals surface area contributed by atoms with Crippen molar-refractivity contribution >= 4 is 11.7 Å². The van der Waals surface area contributed by atoms with Crippen LogP contribution in [-0.4, -0.2) is 19.1 Å². The van der Waals surface area contributed by atoms with Crippen LogP contribution in [0.5, 0.6) is 0 Å². The molecule has 1 unspecified atom stereocenters. The molecule has 0 aliphatic heterocycles. The number of anilines is 1. The molecule has 0 amide bonds. The highest BCUT2D eigenvalue weighted by Crippen LogP contribution is 2.15. The van der Waals surface area contributed by atoms with Gasteiger partial charge < -0.3 is 10.1 Å². The second-order valence-electron chi connectivity index (χ2n) is 3.84. The summed E-state index contributed by atoms with van der Waals surface area (Å²) in [7, 11) is 0. The van der Waals surface area contributed by atoms with Crippen LogP contribution in [0.3, 0.4) is 0 Å². The SMILES string of the molecule is CCOC(=O)C(C)CNc1ccc(C#N)cc1F. The van der Waals surface area contributed by atoms with E-state index in [4.69, 9.17) is 10.00 Å². The lowest BCUT2D eigenvalue weighted by atomic mass is 10.1. The van der Waals surface area contributed by atoms with Gasteiger partial charge in [-0.15, -0.1) is 0 Å². The van der Waals surface area contributed by atoms with Crippen molar-refractivity contribution in [3.8, 4) is 6.07 Å². The highest BCUT2D eigenvalue weighted by molar-refractivity contribution is 5.72. The van der Waals surface area contributed by atoms with E-state index in [9.17, 15) is 9.18 Å². The summed E-state index contributed by atoms with van der Waals surface area (Å²) >= 11 is 0.